The SMILES string of the molecule is COC(=O)C1=C(C)N(c2ccc(F)cc2)C(=O)/C1=C\c1cc2c(cc1Br)OCO2. The monoisotopic (exact) mass is 459 g/mol. The largest absolute Gasteiger partial charge is 0.465 e. The van der Waals surface area contributed by atoms with E-state index in [0.717, 1.165) is 0 Å². The zero-order chi connectivity index (χ0) is 20.7. The Morgan fingerprint density at radius 1 is 1.21 bits per heavy atom. The Balaban J connectivity index is 1.84. The molecule has 0 spiro atoms. The molecule has 2 aliphatic rings. The van der Waals surface area contributed by atoms with Crippen molar-refractivity contribution in [3.05, 3.63) is 69.1 Å². The van der Waals surface area contributed by atoms with E-state index >= 15 is 0 Å². The third-order valence-corrected chi connectivity index (χ3v) is 5.35. The molecule has 0 N–H and O–H groups in total. The number of allylic oxidation sites excluding steroid dienone is 1. The van der Waals surface area contributed by atoms with Crippen LogP contribution in [-0.2, 0) is 14.3 Å². The van der Waals surface area contributed by atoms with E-state index in [1.807, 2.05) is 0 Å². The van der Waals surface area contributed by atoms with Gasteiger partial charge in [0.05, 0.1) is 18.3 Å². The van der Waals surface area contributed by atoms with Crippen LogP contribution in [0.1, 0.15) is 12.5 Å². The first kappa shape index (κ1) is 19.2. The summed E-state index contributed by atoms with van der Waals surface area (Å²) in [7, 11) is 1.25. The Labute approximate surface area is 174 Å². The van der Waals surface area contributed by atoms with Crippen molar-refractivity contribution in [2.45, 2.75) is 6.92 Å². The number of benzene rings is 2. The van der Waals surface area contributed by atoms with Crippen LogP contribution in [0.3, 0.4) is 0 Å². The second kappa shape index (κ2) is 7.36. The number of halogens is 2. The topological polar surface area (TPSA) is 65.1 Å². The molecule has 0 aromatic heterocycles. The van der Waals surface area contributed by atoms with Gasteiger partial charge in [-0.25, -0.2) is 9.18 Å². The lowest BCUT2D eigenvalue weighted by atomic mass is 10.0. The summed E-state index contributed by atoms with van der Waals surface area (Å²) in [4.78, 5) is 27.0. The zero-order valence-electron chi connectivity index (χ0n) is 15.5. The van der Waals surface area contributed by atoms with Crippen LogP contribution in [0.25, 0.3) is 6.08 Å². The van der Waals surface area contributed by atoms with Crippen LogP contribution in [0, 0.1) is 5.82 Å². The predicted molar refractivity (Wildman–Crippen MR) is 107 cm³/mol. The number of hydrogen-bond acceptors (Lipinski definition) is 5. The summed E-state index contributed by atoms with van der Waals surface area (Å²) in [5, 5.41) is 0. The normalized spacial score (nSPS) is 16.8. The highest BCUT2D eigenvalue weighted by Gasteiger charge is 2.38. The fourth-order valence-electron chi connectivity index (χ4n) is 3.28. The molecule has 8 heteroatoms. The molecule has 2 aromatic rings. The Kier molecular flexibility index (Phi) is 4.87. The number of carbonyl (C=O) groups excluding carboxylic acids is 2. The summed E-state index contributed by atoms with van der Waals surface area (Å²) in [6.45, 7) is 1.76. The third kappa shape index (κ3) is 3.29. The summed E-state index contributed by atoms with van der Waals surface area (Å²) in [5.41, 5.74) is 1.79. The Morgan fingerprint density at radius 3 is 2.52 bits per heavy atom. The van der Waals surface area contributed by atoms with Crippen LogP contribution in [0.5, 0.6) is 11.5 Å². The molecule has 0 fully saturated rings. The lowest BCUT2D eigenvalue weighted by molar-refractivity contribution is -0.136. The maximum absolute atomic E-state index is 13.3. The number of ether oxygens (including phenoxy) is 3. The van der Waals surface area contributed by atoms with Crippen molar-refractivity contribution in [3.63, 3.8) is 0 Å². The minimum absolute atomic E-state index is 0.117. The van der Waals surface area contributed by atoms with Gasteiger partial charge in [-0.15, -0.1) is 0 Å². The third-order valence-electron chi connectivity index (χ3n) is 4.67. The highest BCUT2D eigenvalue weighted by atomic mass is 79.9. The van der Waals surface area contributed by atoms with E-state index in [1.54, 1.807) is 25.1 Å². The molecule has 1 amide bonds. The van der Waals surface area contributed by atoms with Crippen LogP contribution >= 0.6 is 15.9 Å². The number of fused-ring (bicyclic) bond motifs is 1. The van der Waals surface area contributed by atoms with Gasteiger partial charge >= 0.3 is 5.97 Å². The van der Waals surface area contributed by atoms with Crippen molar-refractivity contribution in [3.8, 4) is 11.5 Å². The molecule has 2 aliphatic heterocycles. The molecular weight excluding hydrogens is 445 g/mol. The van der Waals surface area contributed by atoms with Crippen molar-refractivity contribution in [2.24, 2.45) is 0 Å². The van der Waals surface area contributed by atoms with Gasteiger partial charge in [0, 0.05) is 15.9 Å². The molecule has 6 nitrogen and oxygen atoms in total. The standard InChI is InChI=1S/C21H15BrFNO5/c1-11-19(21(26)27-2)15(20(25)24(11)14-5-3-13(23)4-6-14)7-12-8-17-18(9-16(12)22)29-10-28-17/h3-9H,10H2,1-2H3/b15-7-. The average molecular weight is 460 g/mol. The highest BCUT2D eigenvalue weighted by molar-refractivity contribution is 9.10. The minimum Gasteiger partial charge on any atom is -0.465 e. The smallest absolute Gasteiger partial charge is 0.340 e. The number of rotatable bonds is 3. The molecular formula is C21H15BrFNO5. The average Bonchev–Trinajstić information content (AvgIpc) is 3.24. The van der Waals surface area contributed by atoms with Gasteiger partial charge in [-0.1, -0.05) is 15.9 Å². The molecule has 0 atom stereocenters. The predicted octanol–water partition coefficient (Wildman–Crippen LogP) is 4.19. The summed E-state index contributed by atoms with van der Waals surface area (Å²) in [6, 6.07) is 8.92. The molecule has 0 bridgehead atoms. The van der Waals surface area contributed by atoms with E-state index in [-0.39, 0.29) is 17.9 Å². The zero-order valence-corrected chi connectivity index (χ0v) is 17.1. The number of methoxy groups -OCH3 is 1. The van der Waals surface area contributed by atoms with Crippen LogP contribution < -0.4 is 14.4 Å². The van der Waals surface area contributed by atoms with Crippen LogP contribution in [0.4, 0.5) is 10.1 Å². The second-order valence-corrected chi connectivity index (χ2v) is 7.21. The maximum Gasteiger partial charge on any atom is 0.340 e. The molecule has 148 valence electrons. The first-order valence-electron chi connectivity index (χ1n) is 8.61. The first-order valence-corrected chi connectivity index (χ1v) is 9.40. The minimum atomic E-state index is -0.636. The molecule has 2 heterocycles. The van der Waals surface area contributed by atoms with Gasteiger partial charge in [-0.05, 0) is 55.0 Å². The van der Waals surface area contributed by atoms with Crippen molar-refractivity contribution in [1.29, 1.82) is 0 Å². The summed E-state index contributed by atoms with van der Waals surface area (Å²) in [5.74, 6) is -0.344. The van der Waals surface area contributed by atoms with Gasteiger partial charge in [-0.2, -0.15) is 0 Å². The number of anilines is 1. The van der Waals surface area contributed by atoms with Crippen LogP contribution in [0.15, 0.2) is 57.7 Å². The number of carbonyl (C=O) groups is 2. The fourth-order valence-corrected chi connectivity index (χ4v) is 3.72. The number of nitrogens with zero attached hydrogens (tertiary/aromatic N) is 1. The second-order valence-electron chi connectivity index (χ2n) is 6.35. The van der Waals surface area contributed by atoms with Gasteiger partial charge in [0.1, 0.15) is 5.82 Å². The molecule has 0 unspecified atom stereocenters. The van der Waals surface area contributed by atoms with Crippen LogP contribution in [-0.4, -0.2) is 25.8 Å². The van der Waals surface area contributed by atoms with Crippen molar-refractivity contribution in [1.82, 2.24) is 0 Å². The Hall–Kier alpha value is -3.13. The lowest BCUT2D eigenvalue weighted by Crippen LogP contribution is -2.24. The van der Waals surface area contributed by atoms with Crippen LogP contribution in [0.2, 0.25) is 0 Å². The van der Waals surface area contributed by atoms with Crippen molar-refractivity contribution in [2.75, 3.05) is 18.8 Å². The maximum atomic E-state index is 13.3. The molecule has 0 radical (unpaired) electrons. The lowest BCUT2D eigenvalue weighted by Gasteiger charge is -2.17. The first-order chi connectivity index (χ1) is 13.9. The van der Waals surface area contributed by atoms with Gasteiger partial charge < -0.3 is 14.2 Å². The van der Waals surface area contributed by atoms with E-state index in [4.69, 9.17) is 14.2 Å². The van der Waals surface area contributed by atoms with Gasteiger partial charge in [0.15, 0.2) is 11.5 Å². The van der Waals surface area contributed by atoms with Crippen molar-refractivity contribution >= 4 is 39.6 Å². The summed E-state index contributed by atoms with van der Waals surface area (Å²) in [6.07, 6.45) is 1.59. The molecule has 0 saturated heterocycles. The van der Waals surface area contributed by atoms with Gasteiger partial charge in [0.25, 0.3) is 5.91 Å². The quantitative estimate of drug-likeness (QED) is 0.508. The van der Waals surface area contributed by atoms with E-state index < -0.39 is 17.7 Å². The number of hydrogen-bond donors (Lipinski definition) is 0. The molecule has 0 aliphatic carbocycles. The fraction of sp³-hybridized carbons (Fsp3) is 0.143. The molecule has 29 heavy (non-hydrogen) atoms. The van der Waals surface area contributed by atoms with Gasteiger partial charge in [0.2, 0.25) is 6.79 Å². The number of amides is 1. The Bertz CT molecular complexity index is 1090. The molecule has 4 rings (SSSR count). The number of esters is 1. The van der Waals surface area contributed by atoms with E-state index in [1.165, 1.54) is 36.3 Å². The van der Waals surface area contributed by atoms with E-state index in [9.17, 15) is 14.0 Å². The van der Waals surface area contributed by atoms with E-state index in [2.05, 4.69) is 15.9 Å². The van der Waals surface area contributed by atoms with Gasteiger partial charge in [-0.3, -0.25) is 9.69 Å². The van der Waals surface area contributed by atoms with E-state index in [0.29, 0.717) is 32.9 Å². The Morgan fingerprint density at radius 2 is 1.86 bits per heavy atom. The summed E-state index contributed by atoms with van der Waals surface area (Å²) >= 11 is 3.46. The summed E-state index contributed by atoms with van der Waals surface area (Å²) < 4.78 is 29.6. The molecule has 2 aromatic carbocycles. The van der Waals surface area contributed by atoms with Crippen molar-refractivity contribution < 1.29 is 28.2 Å². The highest BCUT2D eigenvalue weighted by Crippen LogP contribution is 2.40. The molecule has 0 saturated carbocycles.